The smallest absolute Gasteiger partial charge is 0.0746 e. The molecule has 42 valence electrons. The molecule has 1 fully saturated rings. The van der Waals surface area contributed by atoms with Gasteiger partial charge in [0.05, 0.1) is 18.8 Å². The third-order valence-corrected chi connectivity index (χ3v) is 1.38. The van der Waals surface area contributed by atoms with E-state index in [-0.39, 0.29) is 0 Å². The molecule has 0 unspecified atom stereocenters. The van der Waals surface area contributed by atoms with Crippen molar-refractivity contribution in [2.24, 2.45) is 5.73 Å². The van der Waals surface area contributed by atoms with Crippen LogP contribution in [0.3, 0.4) is 0 Å². The molecule has 0 aliphatic carbocycles. The van der Waals surface area contributed by atoms with Crippen molar-refractivity contribution in [1.29, 1.82) is 0 Å². The van der Waals surface area contributed by atoms with Gasteiger partial charge in [-0.25, -0.2) is 0 Å². The summed E-state index contributed by atoms with van der Waals surface area (Å²) in [5.41, 5.74) is 5.51. The Bertz CT molecular complexity index is 63.1. The van der Waals surface area contributed by atoms with Gasteiger partial charge in [0, 0.05) is 0 Å². The summed E-state index contributed by atoms with van der Waals surface area (Å²) in [5, 5.41) is 0. The van der Waals surface area contributed by atoms with Crippen LogP contribution in [0.15, 0.2) is 0 Å². The molecule has 1 saturated heterocycles. The predicted molar refractivity (Wildman–Crippen MR) is 28.0 cm³/mol. The number of ether oxygens (including phenoxy) is 1. The average Bonchev–Trinajstić information content (AvgIpc) is 1.65. The maximum absolute atomic E-state index is 5.51. The molecule has 0 amide bonds. The van der Waals surface area contributed by atoms with Gasteiger partial charge >= 0.3 is 0 Å². The fraction of sp³-hybridized carbons (Fsp3) is 1.00. The third-order valence-electron chi connectivity index (χ3n) is 1.38. The van der Waals surface area contributed by atoms with Gasteiger partial charge in [0.2, 0.25) is 0 Å². The molecule has 0 spiro atoms. The molecular formula is C5H11NO. The first-order valence-corrected chi connectivity index (χ1v) is 2.71. The Morgan fingerprint density at radius 2 is 2.57 bits per heavy atom. The minimum absolute atomic E-state index is 0.324. The molecule has 1 rings (SSSR count). The van der Waals surface area contributed by atoms with Gasteiger partial charge in [-0.2, -0.15) is 0 Å². The van der Waals surface area contributed by atoms with E-state index in [2.05, 4.69) is 6.92 Å². The molecule has 0 aromatic heterocycles. The van der Waals surface area contributed by atoms with Crippen molar-refractivity contribution >= 4 is 0 Å². The Morgan fingerprint density at radius 3 is 2.57 bits per heavy atom. The minimum atomic E-state index is 0.324. The second-order valence-corrected chi connectivity index (χ2v) is 1.94. The zero-order valence-electron chi connectivity index (χ0n) is 4.55. The Balaban J connectivity index is 2.16. The lowest BCUT2D eigenvalue weighted by molar-refractivity contribution is -0.0735. The molecule has 0 saturated carbocycles. The van der Waals surface area contributed by atoms with E-state index in [0.29, 0.717) is 12.1 Å². The van der Waals surface area contributed by atoms with Gasteiger partial charge < -0.3 is 10.5 Å². The van der Waals surface area contributed by atoms with Crippen LogP contribution in [0.5, 0.6) is 0 Å². The minimum Gasteiger partial charge on any atom is -0.375 e. The van der Waals surface area contributed by atoms with Crippen molar-refractivity contribution in [1.82, 2.24) is 0 Å². The number of nitrogens with two attached hydrogens (primary N) is 1. The molecule has 0 aromatic carbocycles. The summed E-state index contributed by atoms with van der Waals surface area (Å²) in [6.07, 6.45) is 1.42. The molecule has 1 aliphatic heterocycles. The van der Waals surface area contributed by atoms with Crippen LogP contribution in [-0.4, -0.2) is 18.8 Å². The van der Waals surface area contributed by atoms with Crippen LogP contribution in [0, 0.1) is 0 Å². The normalized spacial score (nSPS) is 40.3. The van der Waals surface area contributed by atoms with Crippen LogP contribution in [0.4, 0.5) is 0 Å². The van der Waals surface area contributed by atoms with E-state index in [1.54, 1.807) is 0 Å². The molecule has 0 radical (unpaired) electrons. The van der Waals surface area contributed by atoms with E-state index >= 15 is 0 Å². The van der Waals surface area contributed by atoms with Gasteiger partial charge in [0.1, 0.15) is 0 Å². The zero-order chi connectivity index (χ0) is 5.28. The molecule has 0 aromatic rings. The van der Waals surface area contributed by atoms with Gasteiger partial charge in [0.15, 0.2) is 0 Å². The lowest BCUT2D eigenvalue weighted by atomic mass is 10.1. The van der Waals surface area contributed by atoms with E-state index in [9.17, 15) is 0 Å². The Labute approximate surface area is 43.6 Å². The summed E-state index contributed by atoms with van der Waals surface area (Å²) >= 11 is 0. The highest BCUT2D eigenvalue weighted by atomic mass is 16.5. The van der Waals surface area contributed by atoms with E-state index in [4.69, 9.17) is 10.5 Å². The van der Waals surface area contributed by atoms with E-state index in [1.807, 2.05) is 0 Å². The summed E-state index contributed by atoms with van der Waals surface area (Å²) in [5.74, 6) is 0. The molecule has 1 aliphatic rings. The molecular weight excluding hydrogens is 90.1 g/mol. The van der Waals surface area contributed by atoms with Gasteiger partial charge in [-0.3, -0.25) is 0 Å². The SMILES string of the molecule is CC[C@@H]1OC[C@H]1N. The molecule has 2 N–H and O–H groups in total. The quantitative estimate of drug-likeness (QED) is 0.509. The number of hydrogen-bond acceptors (Lipinski definition) is 2. The van der Waals surface area contributed by atoms with Crippen LogP contribution >= 0.6 is 0 Å². The third kappa shape index (κ3) is 0.763. The zero-order valence-corrected chi connectivity index (χ0v) is 4.55. The van der Waals surface area contributed by atoms with Crippen molar-refractivity contribution in [3.63, 3.8) is 0 Å². The highest BCUT2D eigenvalue weighted by molar-refractivity contribution is 4.79. The Morgan fingerprint density at radius 1 is 1.86 bits per heavy atom. The van der Waals surface area contributed by atoms with Crippen molar-refractivity contribution in [3.05, 3.63) is 0 Å². The standard InChI is InChI=1S/C5H11NO/c1-2-5-4(6)3-7-5/h4-5H,2-3,6H2,1H3/t4-,5+/m1/s1. The predicted octanol–water partition coefficient (Wildman–Crippen LogP) is 0.123. The van der Waals surface area contributed by atoms with Crippen LogP contribution < -0.4 is 5.73 Å². The first-order chi connectivity index (χ1) is 3.34. The number of rotatable bonds is 1. The van der Waals surface area contributed by atoms with Gasteiger partial charge in [0.25, 0.3) is 0 Å². The fourth-order valence-electron chi connectivity index (χ4n) is 0.764. The number of hydrogen-bond donors (Lipinski definition) is 1. The summed E-state index contributed by atoms with van der Waals surface area (Å²) < 4.78 is 5.07. The fourth-order valence-corrected chi connectivity index (χ4v) is 0.764. The lowest BCUT2D eigenvalue weighted by Gasteiger charge is -2.32. The van der Waals surface area contributed by atoms with Crippen molar-refractivity contribution in [3.8, 4) is 0 Å². The van der Waals surface area contributed by atoms with E-state index in [0.717, 1.165) is 13.0 Å². The van der Waals surface area contributed by atoms with Crippen molar-refractivity contribution < 1.29 is 4.74 Å². The second-order valence-electron chi connectivity index (χ2n) is 1.94. The van der Waals surface area contributed by atoms with Crippen LogP contribution in [0.2, 0.25) is 0 Å². The highest BCUT2D eigenvalue weighted by Crippen LogP contribution is 2.12. The summed E-state index contributed by atoms with van der Waals surface area (Å²) in [6.45, 7) is 2.85. The van der Waals surface area contributed by atoms with Crippen LogP contribution in [0.25, 0.3) is 0 Å². The maximum Gasteiger partial charge on any atom is 0.0746 e. The first kappa shape index (κ1) is 5.06. The van der Waals surface area contributed by atoms with E-state index < -0.39 is 0 Å². The van der Waals surface area contributed by atoms with Crippen molar-refractivity contribution in [2.75, 3.05) is 6.61 Å². The maximum atomic E-state index is 5.51. The van der Waals surface area contributed by atoms with Gasteiger partial charge in [-0.15, -0.1) is 0 Å². The Hall–Kier alpha value is -0.0800. The van der Waals surface area contributed by atoms with Gasteiger partial charge in [-0.05, 0) is 6.42 Å². The highest BCUT2D eigenvalue weighted by Gasteiger charge is 2.25. The van der Waals surface area contributed by atoms with Crippen LogP contribution in [0.1, 0.15) is 13.3 Å². The Kier molecular flexibility index (Phi) is 1.30. The monoisotopic (exact) mass is 101 g/mol. The molecule has 0 bridgehead atoms. The second kappa shape index (κ2) is 1.80. The van der Waals surface area contributed by atoms with Crippen LogP contribution in [-0.2, 0) is 4.74 Å². The lowest BCUT2D eigenvalue weighted by Crippen LogP contribution is -2.50. The molecule has 2 heteroatoms. The summed E-state index contributed by atoms with van der Waals surface area (Å²) in [4.78, 5) is 0. The van der Waals surface area contributed by atoms with E-state index in [1.165, 1.54) is 0 Å². The molecule has 2 atom stereocenters. The average molecular weight is 101 g/mol. The summed E-state index contributed by atoms with van der Waals surface area (Å²) in [7, 11) is 0. The van der Waals surface area contributed by atoms with Gasteiger partial charge in [-0.1, -0.05) is 6.92 Å². The topological polar surface area (TPSA) is 35.2 Å². The first-order valence-electron chi connectivity index (χ1n) is 2.71. The molecule has 2 nitrogen and oxygen atoms in total. The molecule has 7 heavy (non-hydrogen) atoms. The molecule has 1 heterocycles. The summed E-state index contributed by atoms with van der Waals surface area (Å²) in [6, 6.07) is 0.324. The largest absolute Gasteiger partial charge is 0.375 e. The van der Waals surface area contributed by atoms with Crippen molar-refractivity contribution in [2.45, 2.75) is 25.5 Å².